The summed E-state index contributed by atoms with van der Waals surface area (Å²) in [4.78, 5) is 20.8. The number of halogens is 2. The van der Waals surface area contributed by atoms with Crippen molar-refractivity contribution >= 4 is 17.0 Å². The average Bonchev–Trinajstić information content (AvgIpc) is 3.70. The Kier molecular flexibility index (Phi) is 7.70. The van der Waals surface area contributed by atoms with E-state index < -0.39 is 11.8 Å². The lowest BCUT2D eigenvalue weighted by atomic mass is 9.96. The van der Waals surface area contributed by atoms with Gasteiger partial charge in [-0.05, 0) is 60.4 Å². The molecule has 0 amide bonds. The van der Waals surface area contributed by atoms with Gasteiger partial charge in [0, 0.05) is 47.9 Å². The lowest BCUT2D eigenvalue weighted by Gasteiger charge is -2.26. The minimum atomic E-state index is -1.05. The number of carbonyl (C=O) groups is 1. The molecule has 3 heterocycles. The standard InChI is InChI=1S/C36H30F2N4O4/c37-28-15-24(30-2-1-3-34(41-30)46-20-26-7-4-22(14-29(26)38)27-18-45-19-27)6-5-23(28)17-33-40-31-16-25(35(43)44)8-9-32(31)42(33)21-36(10-11-36)12-13-39/h1-9,14-16,27H,10-12,17-21H2,(H,43,44). The van der Waals surface area contributed by atoms with Gasteiger partial charge in [0.1, 0.15) is 24.1 Å². The molecule has 10 heteroatoms. The zero-order valence-electron chi connectivity index (χ0n) is 24.9. The number of imidazole rings is 1. The fraction of sp³-hybridized carbons (Fsp3) is 0.278. The second-order valence-electron chi connectivity index (χ2n) is 12.2. The molecule has 7 rings (SSSR count). The Bertz CT molecular complexity index is 2010. The highest BCUT2D eigenvalue weighted by atomic mass is 19.1. The molecule has 3 aromatic carbocycles. The lowest BCUT2D eigenvalue weighted by Crippen LogP contribution is -2.25. The van der Waals surface area contributed by atoms with E-state index in [2.05, 4.69) is 11.1 Å². The van der Waals surface area contributed by atoms with Gasteiger partial charge < -0.3 is 19.1 Å². The fourth-order valence-electron chi connectivity index (χ4n) is 5.89. The highest BCUT2D eigenvalue weighted by Crippen LogP contribution is 2.50. The summed E-state index contributed by atoms with van der Waals surface area (Å²) in [5.41, 5.74) is 4.05. The first-order chi connectivity index (χ1) is 22.3. The van der Waals surface area contributed by atoms with Crippen molar-refractivity contribution in [1.29, 1.82) is 5.26 Å². The van der Waals surface area contributed by atoms with Crippen LogP contribution in [0.2, 0.25) is 0 Å². The minimum Gasteiger partial charge on any atom is -0.478 e. The third-order valence-corrected chi connectivity index (χ3v) is 8.96. The van der Waals surface area contributed by atoms with Gasteiger partial charge in [-0.15, -0.1) is 0 Å². The van der Waals surface area contributed by atoms with Gasteiger partial charge in [-0.2, -0.15) is 5.26 Å². The number of nitriles is 1. The molecule has 0 spiro atoms. The molecule has 1 aliphatic heterocycles. The number of aromatic carboxylic acids is 1. The number of carboxylic acid groups (broad SMARTS) is 1. The van der Waals surface area contributed by atoms with Gasteiger partial charge in [-0.25, -0.2) is 23.5 Å². The van der Waals surface area contributed by atoms with Crippen LogP contribution in [0.5, 0.6) is 5.88 Å². The van der Waals surface area contributed by atoms with Crippen LogP contribution in [0.15, 0.2) is 72.8 Å². The maximum Gasteiger partial charge on any atom is 0.335 e. The Morgan fingerprint density at radius 2 is 1.83 bits per heavy atom. The van der Waals surface area contributed by atoms with Gasteiger partial charge in [-0.3, -0.25) is 0 Å². The van der Waals surface area contributed by atoms with Gasteiger partial charge in [0.05, 0.1) is 41.6 Å². The summed E-state index contributed by atoms with van der Waals surface area (Å²) in [5.74, 6) is -0.708. The Morgan fingerprint density at radius 3 is 2.52 bits per heavy atom. The van der Waals surface area contributed by atoms with Crippen LogP contribution in [0.1, 0.15) is 58.1 Å². The van der Waals surface area contributed by atoms with E-state index in [1.54, 1.807) is 42.5 Å². The topological polar surface area (TPSA) is 110 Å². The Labute approximate surface area is 263 Å². The van der Waals surface area contributed by atoms with Crippen LogP contribution in [0.25, 0.3) is 22.3 Å². The second-order valence-corrected chi connectivity index (χ2v) is 12.2. The van der Waals surface area contributed by atoms with Gasteiger partial charge >= 0.3 is 5.97 Å². The van der Waals surface area contributed by atoms with Gasteiger partial charge in [0.25, 0.3) is 0 Å². The molecule has 2 aromatic heterocycles. The number of ether oxygens (including phenoxy) is 2. The Hall–Kier alpha value is -5.14. The summed E-state index contributed by atoms with van der Waals surface area (Å²) in [5, 5.41) is 18.8. The van der Waals surface area contributed by atoms with Crippen LogP contribution in [-0.2, 0) is 24.3 Å². The van der Waals surface area contributed by atoms with Crippen molar-refractivity contribution in [3.63, 3.8) is 0 Å². The SMILES string of the molecule is N#CCC1(Cn2c(Cc3ccc(-c4cccc(OCc5ccc(C6COC6)cc5F)n4)cc3F)nc3cc(C(=O)O)ccc32)CC1. The van der Waals surface area contributed by atoms with Crippen molar-refractivity contribution in [1.82, 2.24) is 14.5 Å². The molecule has 1 N–H and O–H groups in total. The van der Waals surface area contributed by atoms with Gasteiger partial charge in [0.2, 0.25) is 5.88 Å². The molecule has 0 bridgehead atoms. The highest BCUT2D eigenvalue weighted by Gasteiger charge is 2.43. The summed E-state index contributed by atoms with van der Waals surface area (Å²) < 4.78 is 43.3. The Morgan fingerprint density at radius 1 is 1.02 bits per heavy atom. The monoisotopic (exact) mass is 620 g/mol. The first-order valence-electron chi connectivity index (χ1n) is 15.1. The first-order valence-corrected chi connectivity index (χ1v) is 15.1. The van der Waals surface area contributed by atoms with Crippen molar-refractivity contribution in [3.05, 3.63) is 113 Å². The number of benzene rings is 3. The number of hydrogen-bond donors (Lipinski definition) is 1. The van der Waals surface area contributed by atoms with Crippen LogP contribution in [0, 0.1) is 28.4 Å². The van der Waals surface area contributed by atoms with E-state index in [-0.39, 0.29) is 35.7 Å². The van der Waals surface area contributed by atoms with E-state index in [4.69, 9.17) is 14.5 Å². The van der Waals surface area contributed by atoms with Crippen molar-refractivity contribution in [2.45, 2.75) is 44.8 Å². The predicted molar refractivity (Wildman–Crippen MR) is 165 cm³/mol. The molecule has 8 nitrogen and oxygen atoms in total. The number of aromatic nitrogens is 3. The number of hydrogen-bond acceptors (Lipinski definition) is 6. The third-order valence-electron chi connectivity index (χ3n) is 8.96. The normalized spacial score (nSPS) is 15.3. The van der Waals surface area contributed by atoms with E-state index in [0.29, 0.717) is 65.8 Å². The number of pyridine rings is 1. The zero-order valence-corrected chi connectivity index (χ0v) is 24.9. The van der Waals surface area contributed by atoms with Crippen molar-refractivity contribution in [2.24, 2.45) is 5.41 Å². The van der Waals surface area contributed by atoms with Crippen molar-refractivity contribution in [2.75, 3.05) is 13.2 Å². The largest absolute Gasteiger partial charge is 0.478 e. The first kappa shape index (κ1) is 29.6. The average molecular weight is 621 g/mol. The number of nitrogens with zero attached hydrogens (tertiary/aromatic N) is 4. The van der Waals surface area contributed by atoms with Crippen LogP contribution in [0.3, 0.4) is 0 Å². The van der Waals surface area contributed by atoms with E-state index in [0.717, 1.165) is 23.9 Å². The summed E-state index contributed by atoms with van der Waals surface area (Å²) in [6.07, 6.45) is 2.43. The number of carboxylic acids is 1. The molecule has 2 fully saturated rings. The maximum absolute atomic E-state index is 15.6. The van der Waals surface area contributed by atoms with Crippen LogP contribution in [0.4, 0.5) is 8.78 Å². The molecule has 1 saturated carbocycles. The number of rotatable bonds is 11. The molecule has 2 aliphatic rings. The van der Waals surface area contributed by atoms with E-state index in [9.17, 15) is 19.6 Å². The van der Waals surface area contributed by atoms with Crippen molar-refractivity contribution < 1.29 is 28.2 Å². The van der Waals surface area contributed by atoms with E-state index in [1.807, 2.05) is 10.6 Å². The van der Waals surface area contributed by atoms with Crippen LogP contribution >= 0.6 is 0 Å². The summed E-state index contributed by atoms with van der Waals surface area (Å²) in [6, 6.07) is 22.3. The minimum absolute atomic E-state index is 0.00163. The molecule has 5 aromatic rings. The molecule has 0 unspecified atom stereocenters. The fourth-order valence-corrected chi connectivity index (χ4v) is 5.89. The summed E-state index contributed by atoms with van der Waals surface area (Å²) in [7, 11) is 0. The van der Waals surface area contributed by atoms with Gasteiger partial charge in [-0.1, -0.05) is 30.3 Å². The zero-order chi connectivity index (χ0) is 31.8. The third kappa shape index (κ3) is 5.94. The second kappa shape index (κ2) is 12.0. The molecular weight excluding hydrogens is 590 g/mol. The highest BCUT2D eigenvalue weighted by molar-refractivity contribution is 5.92. The molecule has 0 radical (unpaired) electrons. The smallest absolute Gasteiger partial charge is 0.335 e. The summed E-state index contributed by atoms with van der Waals surface area (Å²) in [6.45, 7) is 1.77. The molecule has 1 saturated heterocycles. The maximum atomic E-state index is 15.6. The lowest BCUT2D eigenvalue weighted by molar-refractivity contribution is 0.00830. The molecule has 232 valence electrons. The van der Waals surface area contributed by atoms with Crippen LogP contribution in [-0.4, -0.2) is 38.8 Å². The summed E-state index contributed by atoms with van der Waals surface area (Å²) >= 11 is 0. The molecule has 46 heavy (non-hydrogen) atoms. The van der Waals surface area contributed by atoms with Crippen molar-refractivity contribution in [3.8, 4) is 23.2 Å². The van der Waals surface area contributed by atoms with Gasteiger partial charge in [0.15, 0.2) is 0 Å². The van der Waals surface area contributed by atoms with E-state index in [1.165, 1.54) is 24.3 Å². The molecular formula is C36H30F2N4O4. The number of fused-ring (bicyclic) bond motifs is 1. The molecule has 0 atom stereocenters. The molecule has 1 aliphatic carbocycles. The predicted octanol–water partition coefficient (Wildman–Crippen LogP) is 7.05. The van der Waals surface area contributed by atoms with Crippen LogP contribution < -0.4 is 4.74 Å². The van der Waals surface area contributed by atoms with E-state index >= 15 is 4.39 Å². The quantitative estimate of drug-likeness (QED) is 0.168. The Balaban J connectivity index is 1.10.